The Kier molecular flexibility index (Phi) is 39.5. The van der Waals surface area contributed by atoms with E-state index < -0.39 is 24.7 Å². The first-order valence-corrected chi connectivity index (χ1v) is 24.6. The van der Waals surface area contributed by atoms with Crippen LogP contribution in [-0.2, 0) is 44.6 Å². The van der Waals surface area contributed by atoms with Gasteiger partial charge in [-0.15, -0.1) is 0 Å². The van der Waals surface area contributed by atoms with E-state index in [1.54, 1.807) is 6.20 Å². The van der Waals surface area contributed by atoms with Crippen molar-refractivity contribution < 1.29 is 43.1 Å². The van der Waals surface area contributed by atoms with Crippen molar-refractivity contribution in [3.8, 4) is 0 Å². The minimum absolute atomic E-state index is 0.0235. The maximum absolute atomic E-state index is 13.0. The number of carbonyl (C=O) groups is 2. The Hall–Kier alpha value is -2.57. The molecule has 0 spiro atoms. The third-order valence-electron chi connectivity index (χ3n) is 10.7. The number of carbonyl (C=O) groups excluding carboxylic acids is 2. The Balaban J connectivity index is 2.53. The molecule has 61 heavy (non-hydrogen) atoms. The normalized spacial score (nSPS) is 12.9. The molecule has 2 unspecified atom stereocenters. The number of hydrogen-bond acceptors (Lipinski definition) is 10. The zero-order chi connectivity index (χ0) is 44.3. The van der Waals surface area contributed by atoms with Crippen LogP contribution in [0.5, 0.6) is 0 Å². The highest BCUT2D eigenvalue weighted by Gasteiger charge is 2.18. The molecule has 0 amide bonds. The van der Waals surface area contributed by atoms with E-state index >= 15 is 0 Å². The van der Waals surface area contributed by atoms with Gasteiger partial charge in [-0.25, -0.2) is 4.98 Å². The number of hydrogen-bond donors (Lipinski definition) is 0. The number of ether oxygens (including phenoxy) is 6. The molecule has 1 heterocycles. The summed E-state index contributed by atoms with van der Waals surface area (Å²) < 4.78 is 36.2. The molecule has 2 atom stereocenters. The molecular weight excluding hydrogens is 773 g/mol. The van der Waals surface area contributed by atoms with Crippen molar-refractivity contribution in [3.63, 3.8) is 0 Å². The third kappa shape index (κ3) is 36.6. The quantitative estimate of drug-likeness (QED) is 0.0270. The highest BCUT2D eigenvalue weighted by Crippen LogP contribution is 2.14. The van der Waals surface area contributed by atoms with Crippen molar-refractivity contribution in [2.75, 3.05) is 39.6 Å². The minimum atomic E-state index is -1.71. The van der Waals surface area contributed by atoms with E-state index in [4.69, 9.17) is 28.4 Å². The summed E-state index contributed by atoms with van der Waals surface area (Å²) in [6, 6.07) is 0. The summed E-state index contributed by atoms with van der Waals surface area (Å²) in [5.74, 6) is -0.328. The van der Waals surface area contributed by atoms with Crippen LogP contribution in [-0.4, -0.2) is 73.9 Å². The van der Waals surface area contributed by atoms with Crippen LogP contribution in [0.3, 0.4) is 0 Å². The standard InChI is InChI=1S/C50H89N2O9/c1-5-8-11-14-17-18-19-20-21-22-23-24-25-26-29-33-47(53)59-42-46(44-61-50(55)58-41-32-37-52-38-36-51-45(52)4)43-60-48(54)34-35-49(56-39-30-27-15-12-9-6-2)57-40-31-28-16-13-10-7-3/h17-18,20-21,36,38,46,49-50H,5-16,19,22-35,37,39-44H2,1-4H3/q-1/b18-17-,21-20-. The Morgan fingerprint density at radius 1 is 0.607 bits per heavy atom. The van der Waals surface area contributed by atoms with E-state index in [0.29, 0.717) is 39.0 Å². The van der Waals surface area contributed by atoms with Crippen molar-refractivity contribution in [3.05, 3.63) is 42.5 Å². The Bertz CT molecular complexity index is 1170. The van der Waals surface area contributed by atoms with E-state index in [1.165, 1.54) is 77.0 Å². The zero-order valence-electron chi connectivity index (χ0n) is 39.3. The summed E-state index contributed by atoms with van der Waals surface area (Å²) >= 11 is 0. The molecule has 11 nitrogen and oxygen atoms in total. The predicted octanol–water partition coefficient (Wildman–Crippen LogP) is 11.6. The summed E-state index contributed by atoms with van der Waals surface area (Å²) in [5, 5.41) is 12.5. The number of allylic oxidation sites excluding steroid dienone is 4. The average Bonchev–Trinajstić information content (AvgIpc) is 3.68. The lowest BCUT2D eigenvalue weighted by Gasteiger charge is -2.26. The summed E-state index contributed by atoms with van der Waals surface area (Å²) in [5.41, 5.74) is 0. The van der Waals surface area contributed by atoms with Gasteiger partial charge in [-0.2, -0.15) is 0 Å². The van der Waals surface area contributed by atoms with Crippen LogP contribution < -0.4 is 5.11 Å². The summed E-state index contributed by atoms with van der Waals surface area (Å²) in [4.78, 5) is 29.8. The van der Waals surface area contributed by atoms with Crippen LogP contribution in [0.25, 0.3) is 0 Å². The fourth-order valence-corrected chi connectivity index (χ4v) is 6.75. The Morgan fingerprint density at radius 3 is 1.70 bits per heavy atom. The van der Waals surface area contributed by atoms with Gasteiger partial charge in [0.1, 0.15) is 5.82 Å². The summed E-state index contributed by atoms with van der Waals surface area (Å²) in [6.45, 7) is 8.82. The first kappa shape index (κ1) is 56.4. The van der Waals surface area contributed by atoms with Gasteiger partial charge >= 0.3 is 11.9 Å². The molecule has 0 radical (unpaired) electrons. The zero-order valence-corrected chi connectivity index (χ0v) is 39.3. The number of imidazole rings is 1. The number of unbranched alkanes of at least 4 members (excludes halogenated alkanes) is 18. The number of nitrogens with zero attached hydrogens (tertiary/aromatic N) is 2. The molecular formula is C50H89N2O9-. The molecule has 0 aliphatic heterocycles. The molecule has 0 N–H and O–H groups in total. The topological polar surface area (TPSA) is 130 Å². The third-order valence-corrected chi connectivity index (χ3v) is 10.7. The lowest BCUT2D eigenvalue weighted by atomic mass is 10.1. The van der Waals surface area contributed by atoms with Gasteiger partial charge < -0.3 is 38.1 Å². The Labute approximate surface area is 372 Å². The van der Waals surface area contributed by atoms with Crippen LogP contribution in [0.2, 0.25) is 0 Å². The fourth-order valence-electron chi connectivity index (χ4n) is 6.75. The maximum Gasteiger partial charge on any atom is 0.305 e. The second kappa shape index (κ2) is 42.7. The van der Waals surface area contributed by atoms with Crippen LogP contribution >= 0.6 is 0 Å². The van der Waals surface area contributed by atoms with E-state index in [2.05, 4.69) is 50.1 Å². The molecule has 1 aromatic rings. The summed E-state index contributed by atoms with van der Waals surface area (Å²) in [7, 11) is 0. The van der Waals surface area contributed by atoms with Crippen molar-refractivity contribution in [2.45, 2.75) is 220 Å². The molecule has 0 saturated heterocycles. The van der Waals surface area contributed by atoms with Gasteiger partial charge in [0, 0.05) is 51.6 Å². The van der Waals surface area contributed by atoms with Crippen molar-refractivity contribution in [2.24, 2.45) is 5.92 Å². The monoisotopic (exact) mass is 862 g/mol. The van der Waals surface area contributed by atoms with Gasteiger partial charge in [0.05, 0.1) is 38.6 Å². The molecule has 0 aliphatic carbocycles. The molecule has 0 saturated carbocycles. The summed E-state index contributed by atoms with van der Waals surface area (Å²) in [6.07, 6.45) is 39.9. The smallest absolute Gasteiger partial charge is 0.305 e. The van der Waals surface area contributed by atoms with Crippen molar-refractivity contribution in [1.29, 1.82) is 0 Å². The minimum Gasteiger partial charge on any atom is -0.809 e. The van der Waals surface area contributed by atoms with E-state index in [1.807, 2.05) is 17.7 Å². The number of esters is 2. The molecule has 0 fully saturated rings. The fraction of sp³-hybridized carbons (Fsp3) is 0.820. The SMILES string of the molecule is CCCCC/C=C\C/C=C\CCCCCCCC(=O)OCC(COC(=O)CCC(OCCCCCCCC)OCCCCCCCC)COC([O-])OCCCn1ccnc1C. The second-order valence-electron chi connectivity index (χ2n) is 16.5. The number of rotatable bonds is 45. The van der Waals surface area contributed by atoms with Crippen LogP contribution in [0.4, 0.5) is 0 Å². The molecule has 354 valence electrons. The van der Waals surface area contributed by atoms with E-state index in [9.17, 15) is 14.7 Å². The first-order chi connectivity index (χ1) is 29.9. The second-order valence-corrected chi connectivity index (χ2v) is 16.5. The maximum atomic E-state index is 13.0. The molecule has 1 rings (SSSR count). The number of aromatic nitrogens is 2. The van der Waals surface area contributed by atoms with Gasteiger partial charge in [-0.3, -0.25) is 9.59 Å². The largest absolute Gasteiger partial charge is 0.809 e. The van der Waals surface area contributed by atoms with Gasteiger partial charge in [-0.1, -0.05) is 141 Å². The van der Waals surface area contributed by atoms with E-state index in [-0.39, 0.29) is 38.8 Å². The molecule has 0 bridgehead atoms. The van der Waals surface area contributed by atoms with Crippen molar-refractivity contribution >= 4 is 11.9 Å². The van der Waals surface area contributed by atoms with Crippen LogP contribution in [0, 0.1) is 12.8 Å². The van der Waals surface area contributed by atoms with Gasteiger partial charge in [0.25, 0.3) is 0 Å². The van der Waals surface area contributed by atoms with Gasteiger partial charge in [-0.05, 0) is 64.7 Å². The molecule has 0 aliphatic rings. The van der Waals surface area contributed by atoms with Crippen LogP contribution in [0.15, 0.2) is 36.7 Å². The lowest BCUT2D eigenvalue weighted by Crippen LogP contribution is -2.36. The highest BCUT2D eigenvalue weighted by molar-refractivity contribution is 5.69. The molecule has 1 aromatic heterocycles. The van der Waals surface area contributed by atoms with Gasteiger partial charge in [0.2, 0.25) is 0 Å². The number of aryl methyl sites for hydroxylation is 2. The van der Waals surface area contributed by atoms with Crippen molar-refractivity contribution in [1.82, 2.24) is 9.55 Å². The van der Waals surface area contributed by atoms with Crippen LogP contribution in [0.1, 0.15) is 200 Å². The Morgan fingerprint density at radius 2 is 1.11 bits per heavy atom. The average molecular weight is 862 g/mol. The van der Waals surface area contributed by atoms with E-state index in [0.717, 1.165) is 76.5 Å². The van der Waals surface area contributed by atoms with Gasteiger partial charge in [0.15, 0.2) is 6.29 Å². The predicted molar refractivity (Wildman–Crippen MR) is 244 cm³/mol. The molecule has 0 aromatic carbocycles. The highest BCUT2D eigenvalue weighted by atomic mass is 16.8. The molecule has 11 heteroatoms. The first-order valence-electron chi connectivity index (χ1n) is 24.6. The lowest BCUT2D eigenvalue weighted by molar-refractivity contribution is -0.565.